The lowest BCUT2D eigenvalue weighted by atomic mass is 9.41. The van der Waals surface area contributed by atoms with Crippen molar-refractivity contribution in [2.75, 3.05) is 13.7 Å². The first kappa shape index (κ1) is 33.9. The van der Waals surface area contributed by atoms with Gasteiger partial charge in [-0.15, -0.1) is 0 Å². The fourth-order valence-electron chi connectivity index (χ4n) is 14.9. The van der Waals surface area contributed by atoms with Crippen LogP contribution in [0.25, 0.3) is 0 Å². The van der Waals surface area contributed by atoms with Gasteiger partial charge in [-0.05, 0) is 97.2 Å². The van der Waals surface area contributed by atoms with Crippen molar-refractivity contribution in [3.8, 4) is 0 Å². The lowest BCUT2D eigenvalue weighted by Crippen LogP contribution is -2.64. The third-order valence-electron chi connectivity index (χ3n) is 16.9. The number of carbonyl (C=O) groups excluding carboxylic acids is 1. The molecular weight excluding hydrogens is 632 g/mol. The first-order valence-corrected chi connectivity index (χ1v) is 19.0. The number of ether oxygens (including phenoxy) is 7. The maximum Gasteiger partial charge on any atom is 0.302 e. The lowest BCUT2D eigenvalue weighted by Gasteiger charge is -2.65. The summed E-state index contributed by atoms with van der Waals surface area (Å²) in [4.78, 5) is 12.9. The van der Waals surface area contributed by atoms with Crippen LogP contribution in [0.3, 0.4) is 0 Å². The molecule has 4 heterocycles. The maximum atomic E-state index is 12.9. The number of fused-ring (bicyclic) bond motifs is 6. The fourth-order valence-corrected chi connectivity index (χ4v) is 14.9. The molecule has 4 aliphatic heterocycles. The number of aliphatic hydroxyl groups excluding tert-OH is 3. The van der Waals surface area contributed by atoms with Gasteiger partial charge in [0.15, 0.2) is 12.6 Å². The van der Waals surface area contributed by atoms with Crippen molar-refractivity contribution in [1.82, 2.24) is 0 Å². The Kier molecular flexibility index (Phi) is 7.06. The highest BCUT2D eigenvalue weighted by Gasteiger charge is 2.87. The molecule has 5 aliphatic carbocycles. The molecule has 276 valence electrons. The summed E-state index contributed by atoms with van der Waals surface area (Å²) in [6.45, 7) is 15.4. The van der Waals surface area contributed by atoms with Crippen molar-refractivity contribution >= 4 is 5.97 Å². The molecule has 0 radical (unpaired) electrons. The van der Waals surface area contributed by atoms with Gasteiger partial charge in [-0.2, -0.15) is 0 Å². The van der Waals surface area contributed by atoms with Crippen molar-refractivity contribution in [2.24, 2.45) is 50.7 Å². The molecule has 9 rings (SSSR count). The monoisotopic (exact) mass is 690 g/mol. The molecule has 0 bridgehead atoms. The molecule has 49 heavy (non-hydrogen) atoms. The van der Waals surface area contributed by atoms with Gasteiger partial charge in [0, 0.05) is 25.9 Å². The van der Waals surface area contributed by atoms with E-state index in [2.05, 4.69) is 41.5 Å². The van der Waals surface area contributed by atoms with Gasteiger partial charge in [0.2, 0.25) is 5.79 Å². The van der Waals surface area contributed by atoms with Gasteiger partial charge in [-0.3, -0.25) is 4.79 Å². The van der Waals surface area contributed by atoms with Crippen LogP contribution in [0.15, 0.2) is 0 Å². The lowest BCUT2D eigenvalue weighted by molar-refractivity contribution is -0.349. The third kappa shape index (κ3) is 3.98. The second-order valence-corrected chi connectivity index (χ2v) is 19.2. The molecule has 11 heteroatoms. The summed E-state index contributed by atoms with van der Waals surface area (Å²) in [5.41, 5.74) is -0.894. The van der Waals surface area contributed by atoms with E-state index in [4.69, 9.17) is 33.2 Å². The Bertz CT molecular complexity index is 1410. The molecule has 2 unspecified atom stereocenters. The second kappa shape index (κ2) is 10.2. The van der Waals surface area contributed by atoms with Crippen LogP contribution >= 0.6 is 0 Å². The highest BCUT2D eigenvalue weighted by atomic mass is 16.8. The van der Waals surface area contributed by atoms with Crippen LogP contribution in [-0.2, 0) is 38.0 Å². The Morgan fingerprint density at radius 3 is 2.29 bits per heavy atom. The minimum Gasteiger partial charge on any atom is -0.462 e. The summed E-state index contributed by atoms with van der Waals surface area (Å²) in [5.74, 6) is 0.308. The van der Waals surface area contributed by atoms with Crippen molar-refractivity contribution in [3.63, 3.8) is 0 Å². The molecule has 0 aromatic heterocycles. The predicted octanol–water partition coefficient (Wildman–Crippen LogP) is 3.68. The molecule has 0 aromatic carbocycles. The Labute approximate surface area is 290 Å². The summed E-state index contributed by atoms with van der Waals surface area (Å²) >= 11 is 0. The van der Waals surface area contributed by atoms with E-state index >= 15 is 0 Å². The molecule has 4 saturated heterocycles. The zero-order valence-electron chi connectivity index (χ0n) is 30.5. The molecule has 3 spiro atoms. The molecule has 9 aliphatic rings. The predicted molar refractivity (Wildman–Crippen MR) is 172 cm³/mol. The smallest absolute Gasteiger partial charge is 0.302 e. The zero-order chi connectivity index (χ0) is 34.9. The van der Waals surface area contributed by atoms with E-state index in [1.807, 2.05) is 0 Å². The van der Waals surface area contributed by atoms with Crippen LogP contribution < -0.4 is 0 Å². The number of rotatable bonds is 4. The van der Waals surface area contributed by atoms with Gasteiger partial charge in [-0.25, -0.2) is 0 Å². The third-order valence-corrected chi connectivity index (χ3v) is 16.9. The van der Waals surface area contributed by atoms with E-state index in [-0.39, 0.29) is 75.9 Å². The van der Waals surface area contributed by atoms with Gasteiger partial charge in [0.05, 0.1) is 18.8 Å². The number of aliphatic hydroxyl groups is 3. The molecule has 19 atom stereocenters. The van der Waals surface area contributed by atoms with Crippen molar-refractivity contribution in [2.45, 2.75) is 167 Å². The standard InChI is InChI=1S/C38H58O11/c1-18-13-38(30-35(7,48-30)31(43-8)49-38)47-21-14-33(5)23-10-9-22-32(3,4)24(46-29-28(42)27(41)20(40)16-44-29)11-12-36(22)17-37(23,36)15-25(45-19(2)39)34(33,6)26(18)21/h18,20-31,40-42H,9-17H2,1-8H3/t18-,20-,21+,22?,23?,24+,25-,26+,27+,28-,29+,30-,31+,33+,34-,35+,36-,37+,38-/m1/s1. The van der Waals surface area contributed by atoms with Crippen molar-refractivity contribution < 1.29 is 53.3 Å². The molecule has 0 aromatic rings. The van der Waals surface area contributed by atoms with Crippen LogP contribution in [0.4, 0.5) is 0 Å². The molecule has 0 amide bonds. The number of hydrogen-bond acceptors (Lipinski definition) is 11. The Morgan fingerprint density at radius 2 is 1.59 bits per heavy atom. The second-order valence-electron chi connectivity index (χ2n) is 19.2. The maximum absolute atomic E-state index is 12.9. The van der Waals surface area contributed by atoms with E-state index in [9.17, 15) is 20.1 Å². The summed E-state index contributed by atoms with van der Waals surface area (Å²) in [6.07, 6.45) is 1.91. The summed E-state index contributed by atoms with van der Waals surface area (Å²) in [7, 11) is 1.67. The largest absolute Gasteiger partial charge is 0.462 e. The minimum absolute atomic E-state index is 0.0418. The Morgan fingerprint density at radius 1 is 0.857 bits per heavy atom. The first-order valence-electron chi connectivity index (χ1n) is 19.0. The van der Waals surface area contributed by atoms with Crippen LogP contribution in [-0.4, -0.2) is 102 Å². The SMILES string of the molecule is CO[C@H]1O[C@]2(C[C@@H](C)[C@H]3[C@H](C[C@@]4(C)C5CCC6C(C)(C)[C@@H](O[C@@H]7OC[C@@H](O)[C@H](O)[C@H]7O)CC[C@@]67C[C@@]57C[C@@H](OC(C)=O)[C@]34C)O2)[C@@H]2O[C@]12C. The number of carbonyl (C=O) groups is 1. The van der Waals surface area contributed by atoms with E-state index < -0.39 is 42.3 Å². The van der Waals surface area contributed by atoms with Crippen LogP contribution in [0.2, 0.25) is 0 Å². The highest BCUT2D eigenvalue weighted by molar-refractivity contribution is 5.66. The van der Waals surface area contributed by atoms with Crippen molar-refractivity contribution in [1.29, 1.82) is 0 Å². The Hall–Kier alpha value is -0.890. The molecular formula is C38H58O11. The quantitative estimate of drug-likeness (QED) is 0.226. The zero-order valence-corrected chi connectivity index (χ0v) is 30.5. The normalized spacial score (nSPS) is 62.2. The number of methoxy groups -OCH3 is 1. The van der Waals surface area contributed by atoms with Crippen molar-refractivity contribution in [3.05, 3.63) is 0 Å². The molecule has 5 saturated carbocycles. The number of esters is 1. The van der Waals surface area contributed by atoms with Crippen LogP contribution in [0.5, 0.6) is 0 Å². The van der Waals surface area contributed by atoms with Crippen LogP contribution in [0.1, 0.15) is 99.8 Å². The highest BCUT2D eigenvalue weighted by Crippen LogP contribution is 2.89. The average Bonchev–Trinajstić information content (AvgIpc) is 3.86. The summed E-state index contributed by atoms with van der Waals surface area (Å²) < 4.78 is 44.4. The molecule has 3 N–H and O–H groups in total. The summed E-state index contributed by atoms with van der Waals surface area (Å²) in [6, 6.07) is 0. The van der Waals surface area contributed by atoms with E-state index in [0.717, 1.165) is 51.4 Å². The van der Waals surface area contributed by atoms with Gasteiger partial charge < -0.3 is 48.5 Å². The number of epoxide rings is 1. The fraction of sp³-hybridized carbons (Fsp3) is 0.974. The van der Waals surface area contributed by atoms with Crippen LogP contribution in [0, 0.1) is 50.7 Å². The Balaban J connectivity index is 1.03. The van der Waals surface area contributed by atoms with E-state index in [1.54, 1.807) is 14.0 Å². The topological polar surface area (TPSA) is 146 Å². The molecule has 11 nitrogen and oxygen atoms in total. The molecule has 9 fully saturated rings. The van der Waals surface area contributed by atoms with Gasteiger partial charge >= 0.3 is 5.97 Å². The first-order chi connectivity index (χ1) is 22.9. The van der Waals surface area contributed by atoms with Gasteiger partial charge in [0.1, 0.15) is 36.1 Å². The average molecular weight is 691 g/mol. The minimum atomic E-state index is -1.30. The van der Waals surface area contributed by atoms with Gasteiger partial charge in [-0.1, -0.05) is 34.6 Å². The number of hydrogen-bond donors (Lipinski definition) is 3. The van der Waals surface area contributed by atoms with E-state index in [0.29, 0.717) is 11.8 Å². The van der Waals surface area contributed by atoms with E-state index in [1.165, 1.54) is 0 Å². The van der Waals surface area contributed by atoms with Gasteiger partial charge in [0.25, 0.3) is 0 Å². The summed E-state index contributed by atoms with van der Waals surface area (Å²) in [5, 5.41) is 31.0.